The van der Waals surface area contributed by atoms with E-state index in [4.69, 9.17) is 25.8 Å². The van der Waals surface area contributed by atoms with Crippen molar-refractivity contribution in [2.45, 2.75) is 17.9 Å². The highest BCUT2D eigenvalue weighted by molar-refractivity contribution is 7.99. The Hall–Kier alpha value is -2.91. The number of carbonyl (C=O) groups is 1. The number of hydrogen-bond acceptors (Lipinski definition) is 7. The van der Waals surface area contributed by atoms with Gasteiger partial charge in [-0.05, 0) is 36.4 Å². The van der Waals surface area contributed by atoms with Crippen molar-refractivity contribution in [3.05, 3.63) is 59.4 Å². The maximum atomic E-state index is 12.6. The molecule has 0 aliphatic carbocycles. The third-order valence-electron chi connectivity index (χ3n) is 4.90. The molecule has 168 valence electrons. The van der Waals surface area contributed by atoms with E-state index in [0.717, 1.165) is 5.75 Å². The molecule has 2 aromatic carbocycles. The van der Waals surface area contributed by atoms with Crippen LogP contribution in [0.15, 0.2) is 53.7 Å². The van der Waals surface area contributed by atoms with Gasteiger partial charge in [0.25, 0.3) is 0 Å². The van der Waals surface area contributed by atoms with Crippen LogP contribution >= 0.6 is 23.4 Å². The van der Waals surface area contributed by atoms with Crippen LogP contribution in [0.2, 0.25) is 5.02 Å². The topological polar surface area (TPSA) is 78.7 Å². The van der Waals surface area contributed by atoms with Crippen LogP contribution < -0.4 is 14.2 Å². The summed E-state index contributed by atoms with van der Waals surface area (Å²) in [6.45, 7) is 1.11. The highest BCUT2D eigenvalue weighted by atomic mass is 35.5. The zero-order chi connectivity index (χ0) is 22.5. The fourth-order valence-corrected chi connectivity index (χ4v) is 4.07. The Balaban J connectivity index is 1.25. The van der Waals surface area contributed by atoms with Crippen LogP contribution in [-0.2, 0) is 18.4 Å². The monoisotopic (exact) mass is 474 g/mol. The summed E-state index contributed by atoms with van der Waals surface area (Å²) >= 11 is 7.22. The first-order chi connectivity index (χ1) is 15.5. The van der Waals surface area contributed by atoms with Gasteiger partial charge in [-0.15, -0.1) is 10.2 Å². The number of benzene rings is 2. The Morgan fingerprint density at radius 2 is 1.97 bits per heavy atom. The minimum atomic E-state index is -0.213. The lowest BCUT2D eigenvalue weighted by Gasteiger charge is -2.29. The molecule has 0 spiro atoms. The SMILES string of the molecule is CN(CC1COc2ccccc2O1)C(=O)CSc1nnc(COc2ccc(Cl)cc2)n1C. The number of amides is 1. The largest absolute Gasteiger partial charge is 0.486 e. The van der Waals surface area contributed by atoms with Crippen molar-refractivity contribution in [1.82, 2.24) is 19.7 Å². The van der Waals surface area contributed by atoms with Crippen LogP contribution in [0.5, 0.6) is 17.2 Å². The molecular weight excluding hydrogens is 452 g/mol. The smallest absolute Gasteiger partial charge is 0.232 e. The van der Waals surface area contributed by atoms with Crippen LogP contribution in [-0.4, -0.2) is 57.6 Å². The van der Waals surface area contributed by atoms with E-state index in [2.05, 4.69) is 10.2 Å². The molecule has 0 fully saturated rings. The Labute approximate surface area is 195 Å². The molecule has 1 aliphatic heterocycles. The second-order valence-electron chi connectivity index (χ2n) is 7.26. The molecule has 1 amide bonds. The van der Waals surface area contributed by atoms with Crippen molar-refractivity contribution in [2.75, 3.05) is 26.0 Å². The number of likely N-dealkylation sites (N-methyl/N-ethyl adjacent to an activating group) is 1. The zero-order valence-electron chi connectivity index (χ0n) is 17.7. The summed E-state index contributed by atoms with van der Waals surface area (Å²) in [6.07, 6.45) is -0.213. The summed E-state index contributed by atoms with van der Waals surface area (Å²) in [6, 6.07) is 14.6. The van der Waals surface area contributed by atoms with Gasteiger partial charge in [0.05, 0.1) is 12.3 Å². The van der Waals surface area contributed by atoms with Gasteiger partial charge in [0, 0.05) is 19.1 Å². The molecule has 1 atom stereocenters. The molecule has 8 nitrogen and oxygen atoms in total. The van der Waals surface area contributed by atoms with Crippen molar-refractivity contribution in [3.63, 3.8) is 0 Å². The molecule has 0 saturated heterocycles. The summed E-state index contributed by atoms with van der Waals surface area (Å²) in [5, 5.41) is 9.63. The number of para-hydroxylation sites is 2. The number of fused-ring (bicyclic) bond motifs is 1. The van der Waals surface area contributed by atoms with E-state index in [1.807, 2.05) is 35.9 Å². The van der Waals surface area contributed by atoms with Gasteiger partial charge in [-0.25, -0.2) is 0 Å². The quantitative estimate of drug-likeness (QED) is 0.463. The van der Waals surface area contributed by atoms with Crippen LogP contribution in [0, 0.1) is 0 Å². The van der Waals surface area contributed by atoms with Gasteiger partial charge in [-0.3, -0.25) is 4.79 Å². The van der Waals surface area contributed by atoms with E-state index in [0.29, 0.717) is 40.7 Å². The molecular formula is C22H23ClN4O4S. The highest BCUT2D eigenvalue weighted by Crippen LogP contribution is 2.31. The normalized spacial score (nSPS) is 14.8. The lowest BCUT2D eigenvalue weighted by Crippen LogP contribution is -2.42. The molecule has 0 bridgehead atoms. The van der Waals surface area contributed by atoms with Gasteiger partial charge in [-0.1, -0.05) is 35.5 Å². The molecule has 1 aromatic heterocycles. The maximum Gasteiger partial charge on any atom is 0.232 e. The van der Waals surface area contributed by atoms with Crippen LogP contribution in [0.25, 0.3) is 0 Å². The molecule has 3 aromatic rings. The Kier molecular flexibility index (Phi) is 7.06. The predicted octanol–water partition coefficient (Wildman–Crippen LogP) is 3.44. The number of rotatable bonds is 8. The molecule has 0 saturated carbocycles. The first-order valence-electron chi connectivity index (χ1n) is 10.0. The molecule has 0 N–H and O–H groups in total. The number of thioether (sulfide) groups is 1. The summed E-state index contributed by atoms with van der Waals surface area (Å²) in [7, 11) is 3.61. The molecule has 1 unspecified atom stereocenters. The number of aromatic nitrogens is 3. The Morgan fingerprint density at radius 3 is 2.75 bits per heavy atom. The predicted molar refractivity (Wildman–Crippen MR) is 122 cm³/mol. The van der Waals surface area contributed by atoms with Gasteiger partial charge < -0.3 is 23.7 Å². The van der Waals surface area contributed by atoms with Crippen molar-refractivity contribution >= 4 is 29.3 Å². The summed E-state index contributed by atoms with van der Waals surface area (Å²) in [5.41, 5.74) is 0. The fourth-order valence-electron chi connectivity index (χ4n) is 3.07. The molecule has 0 radical (unpaired) electrons. The first kappa shape index (κ1) is 22.3. The van der Waals surface area contributed by atoms with E-state index in [1.165, 1.54) is 11.8 Å². The van der Waals surface area contributed by atoms with E-state index in [9.17, 15) is 4.79 Å². The second-order valence-corrected chi connectivity index (χ2v) is 8.64. The van der Waals surface area contributed by atoms with Crippen molar-refractivity contribution in [1.29, 1.82) is 0 Å². The van der Waals surface area contributed by atoms with Crippen molar-refractivity contribution in [2.24, 2.45) is 7.05 Å². The van der Waals surface area contributed by atoms with Gasteiger partial charge in [-0.2, -0.15) is 0 Å². The van der Waals surface area contributed by atoms with Gasteiger partial charge >= 0.3 is 0 Å². The standard InChI is InChI=1S/C22H23ClN4O4S/c1-26(11-17-12-30-18-5-3-4-6-19(18)31-17)21(28)14-32-22-25-24-20(27(22)2)13-29-16-9-7-15(23)8-10-16/h3-10,17H,11-14H2,1-2H3. The molecule has 4 rings (SSSR count). The Bertz CT molecular complexity index is 1080. The highest BCUT2D eigenvalue weighted by Gasteiger charge is 2.24. The fraction of sp³-hybridized carbons (Fsp3) is 0.318. The minimum absolute atomic E-state index is 0.0283. The van der Waals surface area contributed by atoms with Gasteiger partial charge in [0.2, 0.25) is 5.91 Å². The van der Waals surface area contributed by atoms with Crippen molar-refractivity contribution < 1.29 is 19.0 Å². The summed E-state index contributed by atoms with van der Waals surface area (Å²) in [5.74, 6) is 3.00. The Morgan fingerprint density at radius 1 is 1.22 bits per heavy atom. The average molecular weight is 475 g/mol. The third-order valence-corrected chi connectivity index (χ3v) is 6.16. The summed E-state index contributed by atoms with van der Waals surface area (Å²) in [4.78, 5) is 14.3. The van der Waals surface area contributed by atoms with E-state index >= 15 is 0 Å². The summed E-state index contributed by atoms with van der Waals surface area (Å²) < 4.78 is 19.2. The van der Waals surface area contributed by atoms with E-state index < -0.39 is 0 Å². The van der Waals surface area contributed by atoms with Crippen LogP contribution in [0.3, 0.4) is 0 Å². The lowest BCUT2D eigenvalue weighted by atomic mass is 10.2. The maximum absolute atomic E-state index is 12.6. The number of hydrogen-bond donors (Lipinski definition) is 0. The molecule has 10 heteroatoms. The zero-order valence-corrected chi connectivity index (χ0v) is 19.3. The third kappa shape index (κ3) is 5.46. The van der Waals surface area contributed by atoms with Gasteiger partial charge in [0.15, 0.2) is 28.6 Å². The number of nitrogens with zero attached hydrogens (tertiary/aromatic N) is 4. The second kappa shape index (κ2) is 10.1. The van der Waals surface area contributed by atoms with Gasteiger partial charge in [0.1, 0.15) is 19.0 Å². The minimum Gasteiger partial charge on any atom is -0.486 e. The van der Waals surface area contributed by atoms with E-state index in [1.54, 1.807) is 36.2 Å². The lowest BCUT2D eigenvalue weighted by molar-refractivity contribution is -0.128. The number of carbonyl (C=O) groups excluding carboxylic acids is 1. The number of halogens is 1. The molecule has 1 aliphatic rings. The van der Waals surface area contributed by atoms with Crippen LogP contribution in [0.1, 0.15) is 5.82 Å². The van der Waals surface area contributed by atoms with Crippen LogP contribution in [0.4, 0.5) is 0 Å². The van der Waals surface area contributed by atoms with E-state index in [-0.39, 0.29) is 24.4 Å². The molecule has 32 heavy (non-hydrogen) atoms. The average Bonchev–Trinajstić information content (AvgIpc) is 3.16. The molecule has 2 heterocycles. The first-order valence-corrected chi connectivity index (χ1v) is 11.4. The van der Waals surface area contributed by atoms with Crippen molar-refractivity contribution in [3.8, 4) is 17.2 Å². The number of ether oxygens (including phenoxy) is 3.